The summed E-state index contributed by atoms with van der Waals surface area (Å²) in [5.74, 6) is -3.62. The predicted octanol–water partition coefficient (Wildman–Crippen LogP) is 7.84. The van der Waals surface area contributed by atoms with Crippen molar-refractivity contribution in [3.63, 3.8) is 0 Å². The summed E-state index contributed by atoms with van der Waals surface area (Å²) >= 11 is 0. The van der Waals surface area contributed by atoms with Crippen molar-refractivity contribution in [2.45, 2.75) is 125 Å². The Balaban J connectivity index is -0.000000295. The van der Waals surface area contributed by atoms with Crippen LogP contribution in [0.15, 0.2) is 61.4 Å². The van der Waals surface area contributed by atoms with E-state index in [-0.39, 0.29) is 29.6 Å². The first kappa shape index (κ1) is 54.3. The third kappa shape index (κ3) is 52.3. The minimum atomic E-state index is -1.15. The summed E-state index contributed by atoms with van der Waals surface area (Å²) in [4.78, 5) is 61.7. The number of aliphatic carboxylic acids is 2. The van der Waals surface area contributed by atoms with Gasteiger partial charge in [0.1, 0.15) is 12.7 Å². The number of carbonyl (C=O) groups excluding carboxylic acids is 4. The van der Waals surface area contributed by atoms with Gasteiger partial charge in [0.2, 0.25) is 0 Å². The first-order valence-electron chi connectivity index (χ1n) is 17.5. The molecule has 2 N–H and O–H groups in total. The van der Waals surface area contributed by atoms with Crippen molar-refractivity contribution in [3.8, 4) is 0 Å². The molecule has 1 heterocycles. The molecule has 0 aromatic carbocycles. The second-order valence-corrected chi connectivity index (χ2v) is 11.5. The highest BCUT2D eigenvalue weighted by atomic mass is 16.6. The molecular weight excluding hydrogens is 676 g/mol. The quantitative estimate of drug-likeness (QED) is 0.0273. The number of rotatable bonds is 22. The fraction of sp³-hybridized carbons (Fsp3) is 0.590. The monoisotopic (exact) mass is 740 g/mol. The van der Waals surface area contributed by atoms with Crippen molar-refractivity contribution < 1.29 is 62.7 Å². The van der Waals surface area contributed by atoms with Crippen LogP contribution in [0.5, 0.6) is 0 Å². The Bertz CT molecular complexity index is 1090. The van der Waals surface area contributed by atoms with Gasteiger partial charge in [0.05, 0.1) is 26.1 Å². The normalized spacial score (nSPS) is 11.8. The van der Waals surface area contributed by atoms with Crippen LogP contribution in [-0.2, 0) is 52.5 Å². The number of esters is 4. The summed E-state index contributed by atoms with van der Waals surface area (Å²) in [7, 11) is 0. The number of hydrogen-bond acceptors (Lipinski definition) is 11. The lowest BCUT2D eigenvalue weighted by atomic mass is 10.1. The molecule has 0 radical (unpaired) electrons. The van der Waals surface area contributed by atoms with Crippen molar-refractivity contribution in [1.29, 1.82) is 0 Å². The van der Waals surface area contributed by atoms with E-state index in [1.54, 1.807) is 13.8 Å². The standard InChI is InChI=1S/C16H30O2.C8H12O4.C7H10O3.2C4H6O2/c1-4-5-6-7-8-9-10-11-12-13-14-18-16(17)15(2)3;1-2-3-6-12-8(11)5-4-7(9)10;1-5(2)7(8)10-4-6-3-9-6;1-3-6-4(2)5;1-3(2)4(5)6/h2,4-14H2,1,3H3;4-5H,2-3,6H2,1H3,(H,9,10);6H,1,3-4H2,2H3;3H,1H2,2H3;1H2,2H3,(H,5,6)/b;5-4-;;;. The van der Waals surface area contributed by atoms with Crippen LogP contribution in [0.4, 0.5) is 0 Å². The average molecular weight is 741 g/mol. The molecule has 0 spiro atoms. The SMILES string of the molecule is C=C(C)C(=O)O.C=C(C)C(=O)OCC1CO1.C=C(C)C(=O)OCCCCCCCCCCCC.C=COC(C)=O.CCCCOC(=O)/C=C\C(=O)O. The van der Waals surface area contributed by atoms with Crippen LogP contribution in [0, 0.1) is 0 Å². The van der Waals surface area contributed by atoms with E-state index in [9.17, 15) is 28.8 Å². The molecule has 0 saturated carbocycles. The van der Waals surface area contributed by atoms with E-state index in [1.807, 2.05) is 6.92 Å². The summed E-state index contributed by atoms with van der Waals surface area (Å²) in [5, 5.41) is 16.0. The largest absolute Gasteiger partial charge is 0.478 e. The van der Waals surface area contributed by atoms with Crippen molar-refractivity contribution >= 4 is 35.8 Å². The fourth-order valence-electron chi connectivity index (χ4n) is 2.96. The van der Waals surface area contributed by atoms with E-state index in [0.717, 1.165) is 37.7 Å². The summed E-state index contributed by atoms with van der Waals surface area (Å²) in [6, 6.07) is 0. The molecule has 1 saturated heterocycles. The average Bonchev–Trinajstić information content (AvgIpc) is 3.91. The van der Waals surface area contributed by atoms with Crippen LogP contribution in [0.1, 0.15) is 119 Å². The van der Waals surface area contributed by atoms with Gasteiger partial charge in [-0.2, -0.15) is 0 Å². The van der Waals surface area contributed by atoms with Gasteiger partial charge in [-0.15, -0.1) is 0 Å². The highest BCUT2D eigenvalue weighted by Crippen LogP contribution is 2.11. The van der Waals surface area contributed by atoms with Crippen LogP contribution in [0.3, 0.4) is 0 Å². The summed E-state index contributed by atoms with van der Waals surface area (Å²) in [6.45, 7) is 25.6. The fourth-order valence-corrected chi connectivity index (χ4v) is 2.96. The predicted molar refractivity (Wildman–Crippen MR) is 200 cm³/mol. The maximum atomic E-state index is 11.1. The van der Waals surface area contributed by atoms with Gasteiger partial charge in [0, 0.05) is 35.8 Å². The molecule has 1 aliphatic rings. The maximum Gasteiger partial charge on any atom is 0.333 e. The van der Waals surface area contributed by atoms with Gasteiger partial charge in [0.25, 0.3) is 0 Å². The first-order chi connectivity index (χ1) is 24.5. The van der Waals surface area contributed by atoms with Crippen LogP contribution in [-0.4, -0.2) is 78.6 Å². The molecule has 0 bridgehead atoms. The first-order valence-corrected chi connectivity index (χ1v) is 17.5. The number of ether oxygens (including phenoxy) is 5. The van der Waals surface area contributed by atoms with E-state index in [4.69, 9.17) is 24.4 Å². The highest BCUT2D eigenvalue weighted by molar-refractivity contribution is 5.90. The third-order valence-corrected chi connectivity index (χ3v) is 5.95. The molecule has 1 unspecified atom stereocenters. The van der Waals surface area contributed by atoms with Gasteiger partial charge in [0.15, 0.2) is 0 Å². The minimum Gasteiger partial charge on any atom is -0.478 e. The molecule has 13 heteroatoms. The summed E-state index contributed by atoms with van der Waals surface area (Å²) in [6.07, 6.45) is 17.6. The molecule has 1 fully saturated rings. The lowest BCUT2D eigenvalue weighted by Gasteiger charge is -2.04. The molecule has 1 rings (SSSR count). The van der Waals surface area contributed by atoms with Crippen LogP contribution < -0.4 is 0 Å². The molecule has 298 valence electrons. The molecule has 0 aliphatic carbocycles. The van der Waals surface area contributed by atoms with Crippen molar-refractivity contribution in [2.75, 3.05) is 26.4 Å². The zero-order valence-corrected chi connectivity index (χ0v) is 32.3. The maximum absolute atomic E-state index is 11.1. The molecule has 1 atom stereocenters. The van der Waals surface area contributed by atoms with E-state index in [0.29, 0.717) is 37.6 Å². The Morgan fingerprint density at radius 1 is 0.654 bits per heavy atom. The zero-order chi connectivity index (χ0) is 40.7. The number of unbranched alkanes of at least 4 members (excludes halogenated alkanes) is 10. The molecule has 0 aromatic rings. The van der Waals surface area contributed by atoms with Gasteiger partial charge in [-0.1, -0.05) is 104 Å². The van der Waals surface area contributed by atoms with E-state index in [2.05, 4.69) is 42.7 Å². The Kier molecular flexibility index (Phi) is 41.0. The lowest BCUT2D eigenvalue weighted by Crippen LogP contribution is -2.09. The van der Waals surface area contributed by atoms with Gasteiger partial charge >= 0.3 is 35.8 Å². The Hall–Kier alpha value is -4.52. The smallest absolute Gasteiger partial charge is 0.333 e. The van der Waals surface area contributed by atoms with Gasteiger partial charge in [-0.05, 0) is 33.6 Å². The van der Waals surface area contributed by atoms with Gasteiger partial charge in [-0.25, -0.2) is 24.0 Å². The van der Waals surface area contributed by atoms with Crippen LogP contribution >= 0.6 is 0 Å². The van der Waals surface area contributed by atoms with Crippen LogP contribution in [0.2, 0.25) is 0 Å². The van der Waals surface area contributed by atoms with Crippen molar-refractivity contribution in [1.82, 2.24) is 0 Å². The number of carbonyl (C=O) groups is 6. The van der Waals surface area contributed by atoms with E-state index < -0.39 is 17.9 Å². The lowest BCUT2D eigenvalue weighted by molar-refractivity contribution is -0.140. The molecule has 52 heavy (non-hydrogen) atoms. The van der Waals surface area contributed by atoms with Crippen LogP contribution in [0.25, 0.3) is 0 Å². The highest BCUT2D eigenvalue weighted by Gasteiger charge is 2.24. The van der Waals surface area contributed by atoms with E-state index in [1.165, 1.54) is 71.6 Å². The minimum absolute atomic E-state index is 0.142. The Labute approximate surface area is 310 Å². The number of carboxylic acids is 2. The Morgan fingerprint density at radius 2 is 1.08 bits per heavy atom. The Morgan fingerprint density at radius 3 is 1.42 bits per heavy atom. The molecule has 13 nitrogen and oxygen atoms in total. The topological polar surface area (TPSA) is 192 Å². The summed E-state index contributed by atoms with van der Waals surface area (Å²) < 4.78 is 23.4. The molecule has 0 amide bonds. The molecule has 0 aromatic heterocycles. The number of epoxide rings is 1. The second-order valence-electron chi connectivity index (χ2n) is 11.5. The molecular formula is C39H64O13. The second kappa shape index (κ2) is 39.3. The third-order valence-electron chi connectivity index (χ3n) is 5.95. The number of hydrogen-bond donors (Lipinski definition) is 2. The van der Waals surface area contributed by atoms with E-state index >= 15 is 0 Å². The van der Waals surface area contributed by atoms with Crippen molar-refractivity contribution in [2.24, 2.45) is 0 Å². The zero-order valence-electron chi connectivity index (χ0n) is 32.3. The van der Waals surface area contributed by atoms with Crippen molar-refractivity contribution in [3.05, 3.63) is 61.4 Å². The number of carboxylic acid groups (broad SMARTS) is 2. The van der Waals surface area contributed by atoms with Gasteiger partial charge < -0.3 is 33.9 Å². The molecule has 1 aliphatic heterocycles. The van der Waals surface area contributed by atoms with Gasteiger partial charge in [-0.3, -0.25) is 4.79 Å². The summed E-state index contributed by atoms with van der Waals surface area (Å²) in [5.41, 5.74) is 1.10.